The lowest BCUT2D eigenvalue weighted by atomic mass is 10.3. The maximum absolute atomic E-state index is 11.4. The number of Topliss-reactive ketones (excluding diaryl/α,β-unsaturated/α-hetero) is 1. The highest BCUT2D eigenvalue weighted by Crippen LogP contribution is 2.25. The van der Waals surface area contributed by atoms with Gasteiger partial charge in [-0.3, -0.25) is 14.5 Å². The van der Waals surface area contributed by atoms with Crippen molar-refractivity contribution in [3.63, 3.8) is 0 Å². The molecule has 2 heterocycles. The lowest BCUT2D eigenvalue weighted by Crippen LogP contribution is -2.24. The molecule has 0 saturated carbocycles. The Morgan fingerprint density at radius 2 is 2.07 bits per heavy atom. The topological polar surface area (TPSA) is 63.4 Å². The van der Waals surface area contributed by atoms with Crippen molar-refractivity contribution in [1.29, 1.82) is 0 Å². The van der Waals surface area contributed by atoms with Crippen LogP contribution in [0.15, 0.2) is 4.52 Å². The Balaban J connectivity index is 2.36. The van der Waals surface area contributed by atoms with Crippen LogP contribution in [-0.2, 0) is 9.59 Å². The third-order valence-electron chi connectivity index (χ3n) is 2.36. The number of nitrogens with zero attached hydrogens (tertiary/aromatic N) is 2. The molecule has 1 fully saturated rings. The van der Waals surface area contributed by atoms with E-state index >= 15 is 0 Å². The van der Waals surface area contributed by atoms with Gasteiger partial charge in [-0.1, -0.05) is 5.16 Å². The van der Waals surface area contributed by atoms with Crippen molar-refractivity contribution >= 4 is 17.6 Å². The summed E-state index contributed by atoms with van der Waals surface area (Å²) in [5.41, 5.74) is 1.56. The van der Waals surface area contributed by atoms with Gasteiger partial charge in [0.2, 0.25) is 11.8 Å². The number of carbonyl (C=O) groups is 2. The van der Waals surface area contributed by atoms with Crippen molar-refractivity contribution in [3.8, 4) is 0 Å². The van der Waals surface area contributed by atoms with Gasteiger partial charge in [-0.25, -0.2) is 0 Å². The van der Waals surface area contributed by atoms with Crippen molar-refractivity contribution in [2.75, 3.05) is 11.4 Å². The number of hydrogen-bond acceptors (Lipinski definition) is 4. The van der Waals surface area contributed by atoms with E-state index in [0.717, 1.165) is 11.3 Å². The zero-order valence-corrected chi connectivity index (χ0v) is 8.03. The second kappa shape index (κ2) is 2.94. The van der Waals surface area contributed by atoms with Crippen LogP contribution in [0, 0.1) is 13.8 Å². The minimum absolute atomic E-state index is 0.0286. The number of anilines is 1. The molecule has 0 aliphatic carbocycles. The van der Waals surface area contributed by atoms with Crippen LogP contribution in [-0.4, -0.2) is 23.4 Å². The van der Waals surface area contributed by atoms with Crippen LogP contribution in [0.1, 0.15) is 17.7 Å². The molecule has 1 saturated heterocycles. The third-order valence-corrected chi connectivity index (χ3v) is 2.36. The van der Waals surface area contributed by atoms with Crippen molar-refractivity contribution < 1.29 is 14.1 Å². The van der Waals surface area contributed by atoms with Crippen LogP contribution in [0.3, 0.4) is 0 Å². The SMILES string of the molecule is Cc1noc(N2CC(=O)CC2=O)c1C. The predicted molar refractivity (Wildman–Crippen MR) is 48.0 cm³/mol. The van der Waals surface area contributed by atoms with Gasteiger partial charge in [0.1, 0.15) is 0 Å². The summed E-state index contributed by atoms with van der Waals surface area (Å²) in [5, 5.41) is 3.74. The summed E-state index contributed by atoms with van der Waals surface area (Å²) in [6.07, 6.45) is -0.0286. The van der Waals surface area contributed by atoms with Gasteiger partial charge >= 0.3 is 0 Å². The molecule has 1 aliphatic heterocycles. The smallest absolute Gasteiger partial charge is 0.237 e. The number of hydrogen-bond donors (Lipinski definition) is 0. The Hall–Kier alpha value is -1.65. The van der Waals surface area contributed by atoms with Crippen molar-refractivity contribution in [2.45, 2.75) is 20.3 Å². The van der Waals surface area contributed by atoms with Gasteiger partial charge in [0, 0.05) is 5.56 Å². The molecule has 5 heteroatoms. The summed E-state index contributed by atoms with van der Waals surface area (Å²) in [7, 11) is 0. The van der Waals surface area contributed by atoms with Gasteiger partial charge in [0.15, 0.2) is 5.78 Å². The zero-order valence-electron chi connectivity index (χ0n) is 8.03. The van der Waals surface area contributed by atoms with E-state index in [1.165, 1.54) is 4.90 Å². The first-order valence-electron chi connectivity index (χ1n) is 4.34. The lowest BCUT2D eigenvalue weighted by Gasteiger charge is -2.09. The molecule has 1 aliphatic rings. The van der Waals surface area contributed by atoms with Gasteiger partial charge < -0.3 is 4.52 Å². The van der Waals surface area contributed by atoms with E-state index in [9.17, 15) is 9.59 Å². The van der Waals surface area contributed by atoms with Crippen molar-refractivity contribution in [3.05, 3.63) is 11.3 Å². The van der Waals surface area contributed by atoms with E-state index in [2.05, 4.69) is 5.16 Å². The monoisotopic (exact) mass is 194 g/mol. The molecular weight excluding hydrogens is 184 g/mol. The third kappa shape index (κ3) is 1.21. The molecule has 1 aromatic rings. The van der Waals surface area contributed by atoms with Crippen LogP contribution >= 0.6 is 0 Å². The van der Waals surface area contributed by atoms with Crippen LogP contribution in [0.5, 0.6) is 0 Å². The highest BCUT2D eigenvalue weighted by Gasteiger charge is 2.32. The van der Waals surface area contributed by atoms with Gasteiger partial charge in [0.05, 0.1) is 18.7 Å². The molecule has 74 valence electrons. The summed E-state index contributed by atoms with van der Waals surface area (Å²) >= 11 is 0. The number of aryl methyl sites for hydroxylation is 1. The highest BCUT2D eigenvalue weighted by molar-refractivity contribution is 6.14. The number of ketones is 1. The molecule has 0 radical (unpaired) electrons. The van der Waals surface area contributed by atoms with Crippen LogP contribution in [0.4, 0.5) is 5.88 Å². The van der Waals surface area contributed by atoms with Crippen molar-refractivity contribution in [1.82, 2.24) is 5.16 Å². The summed E-state index contributed by atoms with van der Waals surface area (Å²) in [4.78, 5) is 23.7. The average molecular weight is 194 g/mol. The number of rotatable bonds is 1. The Bertz CT molecular complexity index is 408. The predicted octanol–water partition coefficient (Wildman–Crippen LogP) is 0.597. The molecule has 2 rings (SSSR count). The Morgan fingerprint density at radius 1 is 1.36 bits per heavy atom. The Kier molecular flexibility index (Phi) is 1.87. The molecule has 14 heavy (non-hydrogen) atoms. The summed E-state index contributed by atoms with van der Waals surface area (Å²) in [5.74, 6) is 0.107. The highest BCUT2D eigenvalue weighted by atomic mass is 16.5. The first-order valence-corrected chi connectivity index (χ1v) is 4.34. The second-order valence-electron chi connectivity index (χ2n) is 3.39. The molecule has 0 spiro atoms. The van der Waals surface area contributed by atoms with Crippen LogP contribution < -0.4 is 4.90 Å². The van der Waals surface area contributed by atoms with Gasteiger partial charge in [-0.2, -0.15) is 0 Å². The number of aromatic nitrogens is 1. The fourth-order valence-electron chi connectivity index (χ4n) is 1.42. The zero-order chi connectivity index (χ0) is 10.3. The Labute approximate surface area is 80.7 Å². The lowest BCUT2D eigenvalue weighted by molar-refractivity contribution is -0.121. The molecule has 1 aromatic heterocycles. The van der Waals surface area contributed by atoms with E-state index in [0.29, 0.717) is 5.88 Å². The van der Waals surface area contributed by atoms with Crippen LogP contribution in [0.25, 0.3) is 0 Å². The standard InChI is InChI=1S/C9H10N2O3/c1-5-6(2)10-14-9(5)11-4-7(12)3-8(11)13/h3-4H2,1-2H3. The summed E-state index contributed by atoms with van der Waals surface area (Å²) in [6.45, 7) is 3.72. The van der Waals surface area contributed by atoms with Gasteiger partial charge in [-0.05, 0) is 13.8 Å². The Morgan fingerprint density at radius 3 is 2.50 bits per heavy atom. The minimum Gasteiger partial charge on any atom is -0.338 e. The molecule has 5 nitrogen and oxygen atoms in total. The van der Waals surface area contributed by atoms with Crippen LogP contribution in [0.2, 0.25) is 0 Å². The normalized spacial score (nSPS) is 16.9. The van der Waals surface area contributed by atoms with E-state index in [4.69, 9.17) is 4.52 Å². The first-order chi connectivity index (χ1) is 6.59. The second-order valence-corrected chi connectivity index (χ2v) is 3.39. The molecule has 0 N–H and O–H groups in total. The maximum atomic E-state index is 11.4. The van der Waals surface area contributed by atoms with E-state index in [1.54, 1.807) is 6.92 Å². The minimum atomic E-state index is -0.214. The molecule has 0 bridgehead atoms. The van der Waals surface area contributed by atoms with E-state index < -0.39 is 0 Å². The van der Waals surface area contributed by atoms with E-state index in [1.807, 2.05) is 6.92 Å². The average Bonchev–Trinajstić information content (AvgIpc) is 2.59. The van der Waals surface area contributed by atoms with Gasteiger partial charge in [0.25, 0.3) is 0 Å². The molecular formula is C9H10N2O3. The molecule has 0 atom stereocenters. The van der Waals surface area contributed by atoms with Crippen molar-refractivity contribution in [2.24, 2.45) is 0 Å². The van der Waals surface area contributed by atoms with Gasteiger partial charge in [-0.15, -0.1) is 0 Å². The summed E-state index contributed by atoms with van der Waals surface area (Å²) in [6, 6.07) is 0. The van der Waals surface area contributed by atoms with E-state index in [-0.39, 0.29) is 24.7 Å². The number of amides is 1. The molecule has 0 unspecified atom stereocenters. The molecule has 0 aromatic carbocycles. The fourth-order valence-corrected chi connectivity index (χ4v) is 1.42. The number of carbonyl (C=O) groups excluding carboxylic acids is 2. The largest absolute Gasteiger partial charge is 0.338 e. The fraction of sp³-hybridized carbons (Fsp3) is 0.444. The first kappa shape index (κ1) is 8.93. The maximum Gasteiger partial charge on any atom is 0.237 e. The summed E-state index contributed by atoms with van der Waals surface area (Å²) < 4.78 is 5.00. The quantitative estimate of drug-likeness (QED) is 0.614. The molecule has 1 amide bonds.